The number of nitriles is 1. The summed E-state index contributed by atoms with van der Waals surface area (Å²) in [6.45, 7) is 1.48. The van der Waals surface area contributed by atoms with Crippen LogP contribution >= 0.6 is 22.9 Å². The summed E-state index contributed by atoms with van der Waals surface area (Å²) < 4.78 is 26.2. The number of nitrogens with one attached hydrogen (secondary N) is 1. The van der Waals surface area contributed by atoms with Crippen molar-refractivity contribution < 1.29 is 28.2 Å². The molecule has 2 aromatic heterocycles. The predicted octanol–water partition coefficient (Wildman–Crippen LogP) is 6.98. The predicted molar refractivity (Wildman–Crippen MR) is 157 cm³/mol. The summed E-state index contributed by atoms with van der Waals surface area (Å²) >= 11 is 7.78. The molecule has 0 radical (unpaired) electrons. The van der Waals surface area contributed by atoms with Crippen molar-refractivity contribution in [3.05, 3.63) is 70.5 Å². The summed E-state index contributed by atoms with van der Waals surface area (Å²) in [4.78, 5) is 48.8. The second kappa shape index (κ2) is 11.2. The van der Waals surface area contributed by atoms with Gasteiger partial charge >= 0.3 is 6.09 Å². The average Bonchev–Trinajstić information content (AvgIpc) is 3.92. The third-order valence-corrected chi connectivity index (χ3v) is 8.44. The fourth-order valence-electron chi connectivity index (χ4n) is 4.54. The number of imide groups is 1. The zero-order chi connectivity index (χ0) is 30.3. The second-order valence-corrected chi connectivity index (χ2v) is 11.5. The van der Waals surface area contributed by atoms with Crippen molar-refractivity contribution in [2.75, 3.05) is 16.8 Å². The minimum atomic E-state index is -1.11. The highest BCUT2D eigenvalue weighted by atomic mass is 35.5. The maximum atomic E-state index is 15.3. The Labute approximate surface area is 254 Å². The molecule has 2 aliphatic carbocycles. The summed E-state index contributed by atoms with van der Waals surface area (Å²) in [6, 6.07) is 13.7. The van der Waals surface area contributed by atoms with Gasteiger partial charge in [-0.05, 0) is 62.4 Å². The quantitative estimate of drug-likeness (QED) is 0.223. The average molecular weight is 620 g/mol. The van der Waals surface area contributed by atoms with E-state index in [0.29, 0.717) is 38.8 Å². The van der Waals surface area contributed by atoms with Crippen LogP contribution in [0.1, 0.15) is 48.5 Å². The largest absolute Gasteiger partial charge is 0.449 e. The van der Waals surface area contributed by atoms with Crippen LogP contribution in [0.25, 0.3) is 10.3 Å². The maximum absolute atomic E-state index is 15.3. The number of benzene rings is 2. The van der Waals surface area contributed by atoms with Gasteiger partial charge in [0, 0.05) is 18.1 Å². The van der Waals surface area contributed by atoms with Gasteiger partial charge in [0.25, 0.3) is 5.91 Å². The summed E-state index contributed by atoms with van der Waals surface area (Å²) in [6.07, 6.45) is 1.80. The first-order valence-corrected chi connectivity index (χ1v) is 14.7. The van der Waals surface area contributed by atoms with E-state index in [0.717, 1.165) is 18.9 Å². The van der Waals surface area contributed by atoms with Crippen LogP contribution in [0.15, 0.2) is 48.5 Å². The van der Waals surface area contributed by atoms with E-state index in [1.54, 1.807) is 31.2 Å². The van der Waals surface area contributed by atoms with Gasteiger partial charge in [-0.2, -0.15) is 5.26 Å². The lowest BCUT2D eigenvalue weighted by molar-refractivity contribution is -0.117. The molecule has 3 amide bonds. The van der Waals surface area contributed by atoms with E-state index in [1.165, 1.54) is 29.5 Å². The zero-order valence-corrected chi connectivity index (χ0v) is 24.3. The molecule has 2 saturated carbocycles. The van der Waals surface area contributed by atoms with E-state index in [4.69, 9.17) is 21.1 Å². The van der Waals surface area contributed by atoms with Crippen LogP contribution in [-0.2, 0) is 14.9 Å². The van der Waals surface area contributed by atoms with Crippen molar-refractivity contribution in [1.29, 1.82) is 5.26 Å². The Morgan fingerprint density at radius 3 is 2.67 bits per heavy atom. The summed E-state index contributed by atoms with van der Waals surface area (Å²) in [5.74, 6) is -1.64. The molecule has 0 saturated heterocycles. The van der Waals surface area contributed by atoms with Crippen molar-refractivity contribution in [3.63, 3.8) is 0 Å². The van der Waals surface area contributed by atoms with E-state index in [1.807, 2.05) is 0 Å². The van der Waals surface area contributed by atoms with Crippen LogP contribution in [0.5, 0.6) is 11.6 Å². The van der Waals surface area contributed by atoms with Crippen molar-refractivity contribution in [2.45, 2.75) is 38.0 Å². The van der Waals surface area contributed by atoms with Crippen molar-refractivity contribution in [3.8, 4) is 17.7 Å². The van der Waals surface area contributed by atoms with E-state index in [9.17, 15) is 19.6 Å². The standard InChI is InChI=1S/C30H23ClFN5O5S/c1-2-41-29(40)37(27(39)18-4-3-5-19(24(18)31)30(15-33)12-13-30)22-14-17(8-9-20(22)32)42-23-11-10-21-26(35-23)43-28(34-21)36-25(38)16-6-7-16/h3-5,8-11,14,16H,2,6-7,12-13H2,1H3,(H,34,36,38). The minimum absolute atomic E-state index is 0.0170. The normalized spacial score (nSPS) is 14.9. The number of nitrogens with zero attached hydrogens (tertiary/aromatic N) is 4. The van der Waals surface area contributed by atoms with E-state index >= 15 is 4.39 Å². The molecule has 0 atom stereocenters. The third-order valence-electron chi connectivity index (χ3n) is 7.15. The molecular formula is C30H23ClFN5O5S. The van der Waals surface area contributed by atoms with Crippen LogP contribution in [-0.4, -0.2) is 34.5 Å². The first kappa shape index (κ1) is 28.5. The Hall–Kier alpha value is -4.60. The number of carbonyl (C=O) groups is 3. The summed E-state index contributed by atoms with van der Waals surface area (Å²) in [7, 11) is 0. The van der Waals surface area contributed by atoms with Gasteiger partial charge < -0.3 is 14.8 Å². The highest BCUT2D eigenvalue weighted by molar-refractivity contribution is 7.21. The molecule has 2 aliphatic rings. The number of pyridine rings is 1. The Kier molecular flexibility index (Phi) is 7.45. The molecule has 0 unspecified atom stereocenters. The monoisotopic (exact) mass is 619 g/mol. The smallest absolute Gasteiger partial charge is 0.421 e. The van der Waals surface area contributed by atoms with Gasteiger partial charge in [-0.3, -0.25) is 9.59 Å². The number of anilines is 2. The number of carbonyl (C=O) groups excluding carboxylic acids is 3. The van der Waals surface area contributed by atoms with Gasteiger partial charge in [0.2, 0.25) is 11.8 Å². The number of ether oxygens (including phenoxy) is 2. The fraction of sp³-hybridized carbons (Fsp3) is 0.267. The topological polar surface area (TPSA) is 135 Å². The Morgan fingerprint density at radius 2 is 1.98 bits per heavy atom. The number of amides is 3. The minimum Gasteiger partial charge on any atom is -0.449 e. The van der Waals surface area contributed by atoms with Crippen LogP contribution in [0.3, 0.4) is 0 Å². The van der Waals surface area contributed by atoms with Crippen molar-refractivity contribution in [2.24, 2.45) is 5.92 Å². The SMILES string of the molecule is CCOC(=O)N(C(=O)c1cccc(C2(C#N)CC2)c1Cl)c1cc(Oc2ccc3nc(NC(=O)C4CC4)sc3n2)ccc1F. The number of hydrogen-bond donors (Lipinski definition) is 1. The third kappa shape index (κ3) is 5.61. The van der Waals surface area contributed by atoms with Gasteiger partial charge in [-0.25, -0.2) is 24.1 Å². The van der Waals surface area contributed by atoms with Gasteiger partial charge in [-0.15, -0.1) is 0 Å². The summed E-state index contributed by atoms with van der Waals surface area (Å²) in [5.41, 5.74) is -0.264. The van der Waals surface area contributed by atoms with E-state index in [2.05, 4.69) is 21.4 Å². The molecule has 2 aromatic carbocycles. The lowest BCUT2D eigenvalue weighted by Crippen LogP contribution is -2.38. The number of thiazole rings is 1. The van der Waals surface area contributed by atoms with E-state index < -0.39 is 28.9 Å². The number of hydrogen-bond acceptors (Lipinski definition) is 9. The molecule has 0 aliphatic heterocycles. The molecule has 6 rings (SSSR count). The zero-order valence-electron chi connectivity index (χ0n) is 22.7. The van der Waals surface area contributed by atoms with Crippen LogP contribution in [0.2, 0.25) is 5.02 Å². The number of halogens is 2. The molecule has 0 bridgehead atoms. The number of aromatic nitrogens is 2. The fourth-order valence-corrected chi connectivity index (χ4v) is 5.76. The Morgan fingerprint density at radius 1 is 1.19 bits per heavy atom. The van der Waals surface area contributed by atoms with Crippen molar-refractivity contribution in [1.82, 2.24) is 9.97 Å². The molecule has 218 valence electrons. The lowest BCUT2D eigenvalue weighted by atomic mass is 9.95. The first-order valence-electron chi connectivity index (χ1n) is 13.5. The molecular weight excluding hydrogens is 597 g/mol. The molecule has 10 nitrogen and oxygen atoms in total. The lowest BCUT2D eigenvalue weighted by Gasteiger charge is -2.22. The molecule has 2 heterocycles. The molecule has 1 N–H and O–H groups in total. The van der Waals surface area contributed by atoms with Gasteiger partial charge in [-0.1, -0.05) is 35.1 Å². The highest BCUT2D eigenvalue weighted by Gasteiger charge is 2.47. The molecule has 13 heteroatoms. The Balaban J connectivity index is 1.30. The number of fused-ring (bicyclic) bond motifs is 1. The van der Waals surface area contributed by atoms with Crippen LogP contribution in [0.4, 0.5) is 20.0 Å². The molecule has 2 fully saturated rings. The van der Waals surface area contributed by atoms with Crippen molar-refractivity contribution >= 4 is 62.0 Å². The number of rotatable bonds is 8. The first-order chi connectivity index (χ1) is 20.7. The molecule has 0 spiro atoms. The highest BCUT2D eigenvalue weighted by Crippen LogP contribution is 2.50. The second-order valence-electron chi connectivity index (χ2n) is 10.2. The molecule has 4 aromatic rings. The van der Waals surface area contributed by atoms with Crippen LogP contribution < -0.4 is 15.0 Å². The van der Waals surface area contributed by atoms with E-state index in [-0.39, 0.29) is 40.6 Å². The van der Waals surface area contributed by atoms with Gasteiger partial charge in [0.15, 0.2) is 5.13 Å². The van der Waals surface area contributed by atoms with Crippen LogP contribution in [0, 0.1) is 23.1 Å². The molecule has 43 heavy (non-hydrogen) atoms. The van der Waals surface area contributed by atoms with Gasteiger partial charge in [0.1, 0.15) is 21.9 Å². The maximum Gasteiger partial charge on any atom is 0.421 e. The Bertz CT molecular complexity index is 1830. The van der Waals surface area contributed by atoms with Gasteiger partial charge in [0.05, 0.1) is 34.4 Å². The summed E-state index contributed by atoms with van der Waals surface area (Å²) in [5, 5.41) is 12.9.